The van der Waals surface area contributed by atoms with Crippen LogP contribution in [0.2, 0.25) is 0 Å². The first-order valence-corrected chi connectivity index (χ1v) is 10.3. The van der Waals surface area contributed by atoms with E-state index in [4.69, 9.17) is 14.2 Å². The molecule has 0 aliphatic heterocycles. The largest absolute Gasteiger partial charge is 0.493 e. The molecule has 3 aromatic rings. The molecule has 0 spiro atoms. The third kappa shape index (κ3) is 6.58. The average molecular weight is 456 g/mol. The maximum Gasteiger partial charge on any atom is 0.319 e. The molecule has 0 radical (unpaired) electrons. The summed E-state index contributed by atoms with van der Waals surface area (Å²) in [5, 5.41) is 5.72. The number of ether oxygens (including phenoxy) is 3. The average Bonchev–Trinajstić information content (AvgIpc) is 2.81. The van der Waals surface area contributed by atoms with E-state index in [1.807, 2.05) is 0 Å². The molecule has 0 aromatic heterocycles. The van der Waals surface area contributed by atoms with Crippen molar-refractivity contribution in [2.45, 2.75) is 18.9 Å². The van der Waals surface area contributed by atoms with Gasteiger partial charge in [0.05, 0.1) is 27.0 Å². The van der Waals surface area contributed by atoms with Gasteiger partial charge in [-0.3, -0.25) is 0 Å². The zero-order chi connectivity index (χ0) is 23.8. The van der Waals surface area contributed by atoms with Crippen LogP contribution in [0.3, 0.4) is 0 Å². The molecule has 3 rings (SSSR count). The molecule has 0 saturated heterocycles. The molecule has 33 heavy (non-hydrogen) atoms. The highest BCUT2D eigenvalue weighted by Gasteiger charge is 2.17. The van der Waals surface area contributed by atoms with Crippen molar-refractivity contribution in [1.29, 1.82) is 0 Å². The van der Waals surface area contributed by atoms with E-state index in [0.717, 1.165) is 11.1 Å². The van der Waals surface area contributed by atoms with Crippen molar-refractivity contribution >= 4 is 11.7 Å². The van der Waals surface area contributed by atoms with Gasteiger partial charge in [-0.15, -0.1) is 0 Å². The monoisotopic (exact) mass is 456 g/mol. The van der Waals surface area contributed by atoms with Crippen LogP contribution >= 0.6 is 0 Å². The molecule has 3 aromatic carbocycles. The maximum absolute atomic E-state index is 13.3. The van der Waals surface area contributed by atoms with Crippen LogP contribution in [-0.2, 0) is 12.8 Å². The Morgan fingerprint density at radius 3 is 1.64 bits per heavy atom. The summed E-state index contributed by atoms with van der Waals surface area (Å²) in [5.41, 5.74) is 2.16. The van der Waals surface area contributed by atoms with Crippen LogP contribution in [0.15, 0.2) is 60.7 Å². The van der Waals surface area contributed by atoms with E-state index in [1.54, 1.807) is 36.4 Å². The molecule has 0 unspecified atom stereocenters. The van der Waals surface area contributed by atoms with E-state index in [9.17, 15) is 13.6 Å². The third-order valence-corrected chi connectivity index (χ3v) is 5.05. The highest BCUT2D eigenvalue weighted by molar-refractivity contribution is 5.90. The van der Waals surface area contributed by atoms with Crippen LogP contribution in [0.1, 0.15) is 11.1 Å². The van der Waals surface area contributed by atoms with Crippen LogP contribution in [0.25, 0.3) is 0 Å². The topological polar surface area (TPSA) is 68.8 Å². The van der Waals surface area contributed by atoms with Gasteiger partial charge in [-0.05, 0) is 48.2 Å². The number of anilines is 1. The van der Waals surface area contributed by atoms with Gasteiger partial charge < -0.3 is 24.8 Å². The highest BCUT2D eigenvalue weighted by atomic mass is 19.1. The summed E-state index contributed by atoms with van der Waals surface area (Å²) in [7, 11) is 4.47. The molecule has 0 aliphatic rings. The van der Waals surface area contributed by atoms with Gasteiger partial charge >= 0.3 is 6.03 Å². The fourth-order valence-corrected chi connectivity index (χ4v) is 3.49. The van der Waals surface area contributed by atoms with Crippen molar-refractivity contribution in [1.82, 2.24) is 5.32 Å². The second-order valence-corrected chi connectivity index (χ2v) is 7.37. The van der Waals surface area contributed by atoms with E-state index in [2.05, 4.69) is 10.6 Å². The van der Waals surface area contributed by atoms with Gasteiger partial charge in [-0.1, -0.05) is 24.3 Å². The highest BCUT2D eigenvalue weighted by Crippen LogP contribution is 2.39. The van der Waals surface area contributed by atoms with Crippen molar-refractivity contribution in [3.8, 4) is 17.2 Å². The minimum atomic E-state index is -0.446. The smallest absolute Gasteiger partial charge is 0.319 e. The van der Waals surface area contributed by atoms with Gasteiger partial charge in [0.1, 0.15) is 11.6 Å². The molecule has 0 atom stereocenters. The molecule has 8 heteroatoms. The molecule has 0 bridgehead atoms. The Morgan fingerprint density at radius 1 is 0.788 bits per heavy atom. The maximum atomic E-state index is 13.3. The standard InChI is InChI=1S/C25H26F2N2O4/c1-31-22-14-21(15-23(32-2)24(22)33-3)29-25(30)28-20(12-16-4-8-18(26)9-5-16)13-17-6-10-19(27)11-7-17/h4-11,14-15,20H,12-13H2,1-3H3,(H2,28,29,30). The molecular formula is C25H26F2N2O4. The Kier molecular flexibility index (Phi) is 8.07. The van der Waals surface area contributed by atoms with Crippen molar-refractivity contribution in [3.63, 3.8) is 0 Å². The summed E-state index contributed by atoms with van der Waals surface area (Å²) >= 11 is 0. The summed E-state index contributed by atoms with van der Waals surface area (Å²) in [6.45, 7) is 0. The number of carbonyl (C=O) groups excluding carboxylic acids is 1. The Hall–Kier alpha value is -3.81. The van der Waals surface area contributed by atoms with E-state index < -0.39 is 6.03 Å². The quantitative estimate of drug-likeness (QED) is 0.477. The lowest BCUT2D eigenvalue weighted by molar-refractivity contribution is 0.248. The Labute approximate surface area is 191 Å². The van der Waals surface area contributed by atoms with Crippen molar-refractivity contribution in [3.05, 3.63) is 83.4 Å². The predicted octanol–water partition coefficient (Wildman–Crippen LogP) is 4.97. The van der Waals surface area contributed by atoms with Crippen LogP contribution < -0.4 is 24.8 Å². The summed E-state index contributed by atoms with van der Waals surface area (Å²) in [6.07, 6.45) is 0.917. The summed E-state index contributed by atoms with van der Waals surface area (Å²) in [4.78, 5) is 12.8. The van der Waals surface area contributed by atoms with Crippen LogP contribution in [0.4, 0.5) is 19.3 Å². The molecule has 6 nitrogen and oxygen atoms in total. The number of amides is 2. The number of hydrogen-bond acceptors (Lipinski definition) is 4. The summed E-state index contributed by atoms with van der Waals surface area (Å²) < 4.78 is 42.5. The number of urea groups is 1. The first-order chi connectivity index (χ1) is 15.9. The number of halogens is 2. The molecule has 0 aliphatic carbocycles. The number of benzene rings is 3. The SMILES string of the molecule is COc1cc(NC(=O)NC(Cc2ccc(F)cc2)Cc2ccc(F)cc2)cc(OC)c1OC. The lowest BCUT2D eigenvalue weighted by Crippen LogP contribution is -2.40. The zero-order valence-corrected chi connectivity index (χ0v) is 18.7. The molecular weight excluding hydrogens is 430 g/mol. The second-order valence-electron chi connectivity index (χ2n) is 7.37. The van der Waals surface area contributed by atoms with Crippen molar-refractivity contribution < 1.29 is 27.8 Å². The first kappa shape index (κ1) is 23.8. The third-order valence-electron chi connectivity index (χ3n) is 5.05. The van der Waals surface area contributed by atoms with Gasteiger partial charge in [0, 0.05) is 18.2 Å². The zero-order valence-electron chi connectivity index (χ0n) is 18.7. The van der Waals surface area contributed by atoms with E-state index in [1.165, 1.54) is 45.6 Å². The predicted molar refractivity (Wildman–Crippen MR) is 122 cm³/mol. The van der Waals surface area contributed by atoms with Crippen LogP contribution in [-0.4, -0.2) is 33.4 Å². The number of nitrogens with one attached hydrogen (secondary N) is 2. The second kappa shape index (κ2) is 11.2. The first-order valence-electron chi connectivity index (χ1n) is 10.3. The van der Waals surface area contributed by atoms with E-state index in [0.29, 0.717) is 35.8 Å². The van der Waals surface area contributed by atoms with E-state index in [-0.39, 0.29) is 17.7 Å². The lowest BCUT2D eigenvalue weighted by Gasteiger charge is -2.20. The van der Waals surface area contributed by atoms with Gasteiger partial charge in [0.15, 0.2) is 11.5 Å². The Bertz CT molecular complexity index is 1000. The summed E-state index contributed by atoms with van der Waals surface area (Å²) in [6, 6.07) is 14.7. The molecule has 174 valence electrons. The van der Waals surface area contributed by atoms with E-state index >= 15 is 0 Å². The minimum absolute atomic E-state index is 0.331. The molecule has 0 fully saturated rings. The van der Waals surface area contributed by atoms with Gasteiger partial charge in [-0.25, -0.2) is 13.6 Å². The number of hydrogen-bond donors (Lipinski definition) is 2. The van der Waals surface area contributed by atoms with Gasteiger partial charge in [0.25, 0.3) is 0 Å². The molecule has 0 heterocycles. The van der Waals surface area contributed by atoms with Crippen LogP contribution in [0, 0.1) is 11.6 Å². The molecule has 2 amide bonds. The molecule has 2 N–H and O–H groups in total. The van der Waals surface area contributed by atoms with Gasteiger partial charge in [0.2, 0.25) is 5.75 Å². The van der Waals surface area contributed by atoms with Crippen molar-refractivity contribution in [2.24, 2.45) is 0 Å². The van der Waals surface area contributed by atoms with Crippen LogP contribution in [0.5, 0.6) is 17.2 Å². The number of methoxy groups -OCH3 is 3. The Morgan fingerprint density at radius 2 is 1.24 bits per heavy atom. The number of carbonyl (C=O) groups is 1. The van der Waals surface area contributed by atoms with Gasteiger partial charge in [-0.2, -0.15) is 0 Å². The minimum Gasteiger partial charge on any atom is -0.493 e. The summed E-state index contributed by atoms with van der Waals surface area (Å²) in [5.74, 6) is 0.558. The fraction of sp³-hybridized carbons (Fsp3) is 0.240. The normalized spacial score (nSPS) is 10.6. The Balaban J connectivity index is 1.77. The molecule has 0 saturated carbocycles. The lowest BCUT2D eigenvalue weighted by atomic mass is 9.99. The number of rotatable bonds is 9. The fourth-order valence-electron chi connectivity index (χ4n) is 3.49. The van der Waals surface area contributed by atoms with Crippen molar-refractivity contribution in [2.75, 3.05) is 26.6 Å².